The molecule has 0 amide bonds. The second kappa shape index (κ2) is 6.85. The summed E-state index contributed by atoms with van der Waals surface area (Å²) in [5, 5.41) is 10.0. The van der Waals surface area contributed by atoms with E-state index in [4.69, 9.17) is 0 Å². The molecule has 1 N–H and O–H groups in total. The lowest BCUT2D eigenvalue weighted by Crippen LogP contribution is -2.66. The Morgan fingerprint density at radius 1 is 0.912 bits per heavy atom. The molecular formula is C30H44O4. The van der Waals surface area contributed by atoms with Gasteiger partial charge in [0.1, 0.15) is 5.78 Å². The van der Waals surface area contributed by atoms with Gasteiger partial charge in [-0.1, -0.05) is 47.1 Å². The van der Waals surface area contributed by atoms with Crippen molar-refractivity contribution >= 4 is 17.5 Å². The quantitative estimate of drug-likeness (QED) is 0.469. The number of carbonyl (C=O) groups excluding carboxylic acids is 2. The van der Waals surface area contributed by atoms with Gasteiger partial charge in [-0.15, -0.1) is 0 Å². The SMILES string of the molecule is CC1(C)C(=O)CC[C@]2(C)[C@@H]1CC[C@]1(C)[C@@H]2C(=O)C=C2[C@H]3C[C@@](C)(C(=O)O)CC[C@]3(C)CC[C@@]21C. The maximum atomic E-state index is 14.2. The number of Topliss-reactive ketones (excluding diaryl/α,β-unsaturated/α-hetero) is 1. The molecule has 0 aromatic rings. The second-order valence-corrected chi connectivity index (χ2v) is 14.7. The van der Waals surface area contributed by atoms with Crippen LogP contribution in [0.25, 0.3) is 0 Å². The largest absolute Gasteiger partial charge is 0.481 e. The number of allylic oxidation sites excluding steroid dienone is 2. The molecule has 0 aromatic carbocycles. The maximum Gasteiger partial charge on any atom is 0.309 e. The smallest absolute Gasteiger partial charge is 0.309 e. The first-order valence-electron chi connectivity index (χ1n) is 13.6. The lowest BCUT2D eigenvalue weighted by Gasteiger charge is -2.69. The molecule has 0 aliphatic heterocycles. The monoisotopic (exact) mass is 468 g/mol. The van der Waals surface area contributed by atoms with Crippen molar-refractivity contribution in [3.8, 4) is 0 Å². The minimum atomic E-state index is -0.721. The summed E-state index contributed by atoms with van der Waals surface area (Å²) in [4.78, 5) is 39.3. The zero-order valence-electron chi connectivity index (χ0n) is 22.3. The third kappa shape index (κ3) is 2.75. The Morgan fingerprint density at radius 3 is 2.21 bits per heavy atom. The standard InChI is InChI=1S/C30H44O4/c1-25(2)21-8-11-30(7)23(28(21,5)10-9-22(25)32)20(31)16-18-19-17-27(4,24(33)34)13-12-26(19,3)14-15-29(18,30)6/h16,19,21,23H,8-15,17H2,1-7H3,(H,33,34)/t19-,21-,23-,26-,27+,28-,29+,30-/m1/s1. The molecule has 34 heavy (non-hydrogen) atoms. The number of carbonyl (C=O) groups is 3. The van der Waals surface area contributed by atoms with Gasteiger partial charge in [0.05, 0.1) is 5.41 Å². The van der Waals surface area contributed by atoms with Crippen LogP contribution in [0, 0.1) is 50.2 Å². The molecule has 5 rings (SSSR count). The van der Waals surface area contributed by atoms with Gasteiger partial charge in [-0.2, -0.15) is 0 Å². The van der Waals surface area contributed by atoms with Crippen LogP contribution in [0.4, 0.5) is 0 Å². The minimum absolute atomic E-state index is 0.0707. The summed E-state index contributed by atoms with van der Waals surface area (Å²) in [5.41, 5.74) is -0.205. The van der Waals surface area contributed by atoms with Crippen LogP contribution in [0.3, 0.4) is 0 Å². The summed E-state index contributed by atoms with van der Waals surface area (Å²) in [6, 6.07) is 0. The average Bonchev–Trinajstić information content (AvgIpc) is 2.73. The number of rotatable bonds is 1. The van der Waals surface area contributed by atoms with Crippen molar-refractivity contribution in [1.29, 1.82) is 0 Å². The van der Waals surface area contributed by atoms with Gasteiger partial charge in [-0.25, -0.2) is 0 Å². The molecule has 0 bridgehead atoms. The van der Waals surface area contributed by atoms with Crippen molar-refractivity contribution in [3.05, 3.63) is 11.6 Å². The van der Waals surface area contributed by atoms with Crippen molar-refractivity contribution in [2.75, 3.05) is 0 Å². The number of ketones is 2. The predicted octanol–water partition coefficient (Wildman–Crippen LogP) is 6.62. The summed E-state index contributed by atoms with van der Waals surface area (Å²) < 4.78 is 0. The number of carboxylic acid groups (broad SMARTS) is 1. The van der Waals surface area contributed by atoms with Crippen LogP contribution in [0.5, 0.6) is 0 Å². The normalized spacial score (nSPS) is 52.0. The van der Waals surface area contributed by atoms with Crippen molar-refractivity contribution in [1.82, 2.24) is 0 Å². The molecule has 188 valence electrons. The molecular weight excluding hydrogens is 424 g/mol. The highest BCUT2D eigenvalue weighted by Crippen LogP contribution is 2.74. The van der Waals surface area contributed by atoms with Gasteiger partial charge in [0.2, 0.25) is 0 Å². The Balaban J connectivity index is 1.63. The molecule has 0 aromatic heterocycles. The van der Waals surface area contributed by atoms with Crippen LogP contribution in [-0.4, -0.2) is 22.6 Å². The highest BCUT2D eigenvalue weighted by atomic mass is 16.4. The fourth-order valence-electron chi connectivity index (χ4n) is 10.2. The number of fused-ring (bicyclic) bond motifs is 7. The van der Waals surface area contributed by atoms with Gasteiger partial charge in [-0.05, 0) is 97.9 Å². The fraction of sp³-hybridized carbons (Fsp3) is 0.833. The predicted molar refractivity (Wildman–Crippen MR) is 132 cm³/mol. The lowest BCUT2D eigenvalue weighted by molar-refractivity contribution is -0.188. The van der Waals surface area contributed by atoms with Crippen LogP contribution in [0.1, 0.15) is 106 Å². The molecule has 4 nitrogen and oxygen atoms in total. The second-order valence-electron chi connectivity index (χ2n) is 14.7. The Morgan fingerprint density at radius 2 is 1.56 bits per heavy atom. The molecule has 4 fully saturated rings. The molecule has 0 spiro atoms. The molecule has 0 saturated heterocycles. The fourth-order valence-corrected chi connectivity index (χ4v) is 10.2. The van der Waals surface area contributed by atoms with Crippen LogP contribution in [0.15, 0.2) is 11.6 Å². The summed E-state index contributed by atoms with van der Waals surface area (Å²) in [5.74, 6) is 0.222. The Labute approximate surface area is 205 Å². The van der Waals surface area contributed by atoms with Gasteiger partial charge in [-0.3, -0.25) is 14.4 Å². The summed E-state index contributed by atoms with van der Waals surface area (Å²) >= 11 is 0. The third-order valence-electron chi connectivity index (χ3n) is 12.8. The molecule has 0 radical (unpaired) electrons. The van der Waals surface area contributed by atoms with Crippen LogP contribution < -0.4 is 0 Å². The van der Waals surface area contributed by atoms with Gasteiger partial charge >= 0.3 is 5.97 Å². The summed E-state index contributed by atoms with van der Waals surface area (Å²) in [6.07, 6.45) is 9.78. The Bertz CT molecular complexity index is 1010. The molecule has 4 heteroatoms. The highest BCUT2D eigenvalue weighted by molar-refractivity contribution is 5.96. The van der Waals surface area contributed by atoms with Crippen molar-refractivity contribution in [2.45, 2.75) is 106 Å². The number of carboxylic acids is 1. The first kappa shape index (κ1) is 24.3. The third-order valence-corrected chi connectivity index (χ3v) is 12.8. The first-order chi connectivity index (χ1) is 15.6. The molecule has 5 aliphatic carbocycles. The van der Waals surface area contributed by atoms with Crippen molar-refractivity contribution < 1.29 is 19.5 Å². The molecule has 4 saturated carbocycles. The Kier molecular flexibility index (Phi) is 4.89. The maximum absolute atomic E-state index is 14.2. The minimum Gasteiger partial charge on any atom is -0.481 e. The van der Waals surface area contributed by atoms with Crippen molar-refractivity contribution in [2.24, 2.45) is 50.2 Å². The van der Waals surface area contributed by atoms with Crippen molar-refractivity contribution in [3.63, 3.8) is 0 Å². The molecule has 8 atom stereocenters. The highest BCUT2D eigenvalue weighted by Gasteiger charge is 2.70. The van der Waals surface area contributed by atoms with Gasteiger partial charge < -0.3 is 5.11 Å². The topological polar surface area (TPSA) is 71.4 Å². The average molecular weight is 469 g/mol. The van der Waals surface area contributed by atoms with E-state index in [9.17, 15) is 19.5 Å². The molecule has 0 unspecified atom stereocenters. The van der Waals surface area contributed by atoms with Crippen LogP contribution in [0.2, 0.25) is 0 Å². The molecule has 5 aliphatic rings. The molecule has 0 heterocycles. The van der Waals surface area contributed by atoms with E-state index in [2.05, 4.69) is 41.5 Å². The van der Waals surface area contributed by atoms with Crippen LogP contribution in [-0.2, 0) is 14.4 Å². The van der Waals surface area contributed by atoms with Gasteiger partial charge in [0.15, 0.2) is 5.78 Å². The summed E-state index contributed by atoms with van der Waals surface area (Å²) in [6.45, 7) is 15.5. The number of hydrogen-bond acceptors (Lipinski definition) is 3. The zero-order chi connectivity index (χ0) is 25.1. The Hall–Kier alpha value is -1.45. The van der Waals surface area contributed by atoms with E-state index >= 15 is 0 Å². The van der Waals surface area contributed by atoms with E-state index in [1.54, 1.807) is 0 Å². The number of aliphatic carboxylic acids is 1. The van der Waals surface area contributed by atoms with Gasteiger partial charge in [0, 0.05) is 17.8 Å². The first-order valence-corrected chi connectivity index (χ1v) is 13.6. The van der Waals surface area contributed by atoms with E-state index < -0.39 is 11.4 Å². The van der Waals surface area contributed by atoms with E-state index in [1.165, 1.54) is 5.57 Å². The van der Waals surface area contributed by atoms with E-state index in [-0.39, 0.29) is 50.6 Å². The van der Waals surface area contributed by atoms with E-state index in [0.717, 1.165) is 44.9 Å². The van der Waals surface area contributed by atoms with Crippen LogP contribution >= 0.6 is 0 Å². The van der Waals surface area contributed by atoms with E-state index in [0.29, 0.717) is 18.6 Å². The van der Waals surface area contributed by atoms with Gasteiger partial charge in [0.25, 0.3) is 0 Å². The summed E-state index contributed by atoms with van der Waals surface area (Å²) in [7, 11) is 0. The zero-order valence-corrected chi connectivity index (χ0v) is 22.3. The van der Waals surface area contributed by atoms with E-state index in [1.807, 2.05) is 13.0 Å². The lowest BCUT2D eigenvalue weighted by atomic mass is 9.33. The number of hydrogen-bond donors (Lipinski definition) is 1.